The first-order valence-electron chi connectivity index (χ1n) is 7.50. The van der Waals surface area contributed by atoms with Crippen molar-refractivity contribution in [2.24, 2.45) is 5.92 Å². The summed E-state index contributed by atoms with van der Waals surface area (Å²) < 4.78 is 0. The number of carboxylic acid groups (broad SMARTS) is 1. The van der Waals surface area contributed by atoms with Gasteiger partial charge in [0.25, 0.3) is 0 Å². The number of aromatic nitrogens is 1. The van der Waals surface area contributed by atoms with Crippen molar-refractivity contribution in [2.45, 2.75) is 25.3 Å². The molecule has 1 aromatic rings. The van der Waals surface area contributed by atoms with E-state index in [0.717, 1.165) is 25.3 Å². The van der Waals surface area contributed by atoms with Crippen molar-refractivity contribution in [3.8, 4) is 0 Å². The molecular formula is C15H22N4O2. The SMILES string of the molecule is CN1CCCC2CN(c3ncc(C(=O)O)cc3N)CCC21. The van der Waals surface area contributed by atoms with Crippen molar-refractivity contribution < 1.29 is 9.90 Å². The maximum Gasteiger partial charge on any atom is 0.337 e. The van der Waals surface area contributed by atoms with Crippen LogP contribution in [-0.4, -0.2) is 53.7 Å². The summed E-state index contributed by atoms with van der Waals surface area (Å²) in [6, 6.07) is 2.17. The molecule has 3 rings (SSSR count). The fourth-order valence-electron chi connectivity index (χ4n) is 3.70. The van der Waals surface area contributed by atoms with Crippen LogP contribution in [0.2, 0.25) is 0 Å². The van der Waals surface area contributed by atoms with Crippen LogP contribution < -0.4 is 10.6 Å². The summed E-state index contributed by atoms with van der Waals surface area (Å²) in [5.74, 6) is 0.387. The molecule has 0 aliphatic carbocycles. The molecule has 0 spiro atoms. The first-order valence-corrected chi connectivity index (χ1v) is 7.50. The molecule has 2 saturated heterocycles. The third kappa shape index (κ3) is 2.68. The molecule has 2 atom stereocenters. The highest BCUT2D eigenvalue weighted by molar-refractivity contribution is 5.89. The summed E-state index contributed by atoms with van der Waals surface area (Å²) in [5, 5.41) is 8.98. The van der Waals surface area contributed by atoms with Crippen molar-refractivity contribution >= 4 is 17.5 Å². The van der Waals surface area contributed by atoms with Gasteiger partial charge in [-0.25, -0.2) is 9.78 Å². The summed E-state index contributed by atoms with van der Waals surface area (Å²) in [4.78, 5) is 19.9. The van der Waals surface area contributed by atoms with Crippen LogP contribution in [-0.2, 0) is 0 Å². The van der Waals surface area contributed by atoms with E-state index >= 15 is 0 Å². The number of hydrogen-bond donors (Lipinski definition) is 2. The van der Waals surface area contributed by atoms with Crippen molar-refractivity contribution in [1.29, 1.82) is 0 Å². The van der Waals surface area contributed by atoms with Gasteiger partial charge in [0.15, 0.2) is 5.82 Å². The summed E-state index contributed by atoms with van der Waals surface area (Å²) in [6.45, 7) is 3.07. The van der Waals surface area contributed by atoms with Gasteiger partial charge in [0.2, 0.25) is 0 Å². The molecule has 6 heteroatoms. The number of likely N-dealkylation sites (tertiary alicyclic amines) is 1. The van der Waals surface area contributed by atoms with E-state index in [1.165, 1.54) is 31.6 Å². The number of hydrogen-bond acceptors (Lipinski definition) is 5. The fourth-order valence-corrected chi connectivity index (χ4v) is 3.70. The third-order valence-electron chi connectivity index (χ3n) is 4.79. The van der Waals surface area contributed by atoms with Crippen molar-refractivity contribution in [2.75, 3.05) is 37.3 Å². The van der Waals surface area contributed by atoms with Crippen LogP contribution in [0.25, 0.3) is 0 Å². The van der Waals surface area contributed by atoms with Crippen LogP contribution in [0.15, 0.2) is 12.3 Å². The Balaban J connectivity index is 1.78. The number of aromatic carboxylic acids is 1. The van der Waals surface area contributed by atoms with Crippen molar-refractivity contribution in [1.82, 2.24) is 9.88 Å². The molecule has 21 heavy (non-hydrogen) atoms. The zero-order chi connectivity index (χ0) is 15.0. The van der Waals surface area contributed by atoms with E-state index in [9.17, 15) is 4.79 Å². The second kappa shape index (κ2) is 5.52. The van der Waals surface area contributed by atoms with Gasteiger partial charge < -0.3 is 20.6 Å². The second-order valence-electron chi connectivity index (χ2n) is 6.13. The Kier molecular flexibility index (Phi) is 3.71. The molecule has 0 bridgehead atoms. The van der Waals surface area contributed by atoms with Gasteiger partial charge >= 0.3 is 5.97 Å². The minimum atomic E-state index is -0.992. The number of fused-ring (bicyclic) bond motifs is 1. The number of nitrogens with zero attached hydrogens (tertiary/aromatic N) is 3. The maximum absolute atomic E-state index is 10.9. The molecule has 2 aliphatic rings. The van der Waals surface area contributed by atoms with E-state index in [0.29, 0.717) is 17.6 Å². The normalized spacial score (nSPS) is 26.4. The number of piperidine rings is 2. The Morgan fingerprint density at radius 3 is 2.95 bits per heavy atom. The lowest BCUT2D eigenvalue weighted by Gasteiger charge is -2.46. The van der Waals surface area contributed by atoms with Gasteiger partial charge in [-0.05, 0) is 44.8 Å². The molecule has 1 aromatic heterocycles. The largest absolute Gasteiger partial charge is 0.478 e. The molecule has 0 aromatic carbocycles. The van der Waals surface area contributed by atoms with Crippen LogP contribution in [0.4, 0.5) is 11.5 Å². The Labute approximate surface area is 124 Å². The first kappa shape index (κ1) is 14.1. The van der Waals surface area contributed by atoms with Gasteiger partial charge in [-0.3, -0.25) is 0 Å². The number of pyridine rings is 1. The molecule has 0 radical (unpaired) electrons. The zero-order valence-electron chi connectivity index (χ0n) is 12.3. The summed E-state index contributed by atoms with van der Waals surface area (Å²) in [7, 11) is 2.21. The van der Waals surface area contributed by atoms with Gasteiger partial charge in [-0.1, -0.05) is 0 Å². The highest BCUT2D eigenvalue weighted by Crippen LogP contribution is 2.33. The average Bonchev–Trinajstić information content (AvgIpc) is 2.47. The molecule has 0 amide bonds. The number of anilines is 2. The van der Waals surface area contributed by atoms with Crippen molar-refractivity contribution in [3.05, 3.63) is 17.8 Å². The van der Waals surface area contributed by atoms with Gasteiger partial charge in [0.05, 0.1) is 11.3 Å². The van der Waals surface area contributed by atoms with Crippen LogP contribution in [0.1, 0.15) is 29.6 Å². The highest BCUT2D eigenvalue weighted by Gasteiger charge is 2.35. The molecule has 2 unspecified atom stereocenters. The van der Waals surface area contributed by atoms with E-state index in [-0.39, 0.29) is 5.56 Å². The Morgan fingerprint density at radius 2 is 2.24 bits per heavy atom. The van der Waals surface area contributed by atoms with E-state index < -0.39 is 5.97 Å². The Morgan fingerprint density at radius 1 is 1.43 bits per heavy atom. The van der Waals surface area contributed by atoms with Gasteiger partial charge in [0.1, 0.15) is 0 Å². The standard InChI is InChI=1S/C15H22N4O2/c1-18-5-2-3-10-9-19(6-4-13(10)18)14-12(16)7-11(8-17-14)15(20)21/h7-8,10,13H,2-6,9,16H2,1H3,(H,20,21). The van der Waals surface area contributed by atoms with Gasteiger partial charge in [-0.15, -0.1) is 0 Å². The van der Waals surface area contributed by atoms with E-state index in [1.807, 2.05) is 0 Å². The lowest BCUT2D eigenvalue weighted by atomic mass is 9.84. The highest BCUT2D eigenvalue weighted by atomic mass is 16.4. The minimum Gasteiger partial charge on any atom is -0.478 e. The minimum absolute atomic E-state index is 0.142. The summed E-state index contributed by atoms with van der Waals surface area (Å²) in [5.41, 5.74) is 6.61. The van der Waals surface area contributed by atoms with Crippen LogP contribution in [0.3, 0.4) is 0 Å². The quantitative estimate of drug-likeness (QED) is 0.854. The number of rotatable bonds is 2. The lowest BCUT2D eigenvalue weighted by molar-refractivity contribution is 0.0696. The Bertz CT molecular complexity index is 548. The molecule has 3 heterocycles. The van der Waals surface area contributed by atoms with Crippen LogP contribution in [0.5, 0.6) is 0 Å². The van der Waals surface area contributed by atoms with E-state index in [2.05, 4.69) is 21.8 Å². The Hall–Kier alpha value is -1.82. The molecule has 6 nitrogen and oxygen atoms in total. The van der Waals surface area contributed by atoms with Gasteiger partial charge in [-0.2, -0.15) is 0 Å². The second-order valence-corrected chi connectivity index (χ2v) is 6.13. The molecule has 114 valence electrons. The van der Waals surface area contributed by atoms with E-state index in [1.54, 1.807) is 0 Å². The van der Waals surface area contributed by atoms with Gasteiger partial charge in [0, 0.05) is 25.3 Å². The predicted octanol–water partition coefficient (Wildman–Crippen LogP) is 1.28. The number of carboxylic acids is 1. The van der Waals surface area contributed by atoms with Crippen LogP contribution >= 0.6 is 0 Å². The van der Waals surface area contributed by atoms with Crippen molar-refractivity contribution in [3.63, 3.8) is 0 Å². The van der Waals surface area contributed by atoms with Crippen LogP contribution in [0, 0.1) is 5.92 Å². The fraction of sp³-hybridized carbons (Fsp3) is 0.600. The van der Waals surface area contributed by atoms with E-state index in [4.69, 9.17) is 10.8 Å². The monoisotopic (exact) mass is 290 g/mol. The lowest BCUT2D eigenvalue weighted by Crippen LogP contribution is -2.53. The smallest absolute Gasteiger partial charge is 0.337 e. The zero-order valence-corrected chi connectivity index (χ0v) is 12.3. The molecule has 2 fully saturated rings. The molecule has 2 aliphatic heterocycles. The maximum atomic E-state index is 10.9. The predicted molar refractivity (Wildman–Crippen MR) is 81.6 cm³/mol. The molecule has 3 N–H and O–H groups in total. The molecular weight excluding hydrogens is 268 g/mol. The number of carbonyl (C=O) groups is 1. The topological polar surface area (TPSA) is 82.7 Å². The third-order valence-corrected chi connectivity index (χ3v) is 4.79. The number of nitrogens with two attached hydrogens (primary N) is 1. The molecule has 0 saturated carbocycles. The number of nitrogen functional groups attached to an aromatic ring is 1. The first-order chi connectivity index (χ1) is 10.1. The summed E-state index contributed by atoms with van der Waals surface area (Å²) in [6.07, 6.45) is 5.00. The summed E-state index contributed by atoms with van der Waals surface area (Å²) >= 11 is 0. The average molecular weight is 290 g/mol.